The molecule has 0 spiro atoms. The molecule has 2 heterocycles. The highest BCUT2D eigenvalue weighted by Crippen LogP contribution is 2.25. The molecule has 2 aliphatic heterocycles. The van der Waals surface area contributed by atoms with Crippen molar-refractivity contribution in [2.75, 3.05) is 13.1 Å². The summed E-state index contributed by atoms with van der Waals surface area (Å²) in [5.74, 6) is 0. The molecule has 0 saturated carbocycles. The molecular weight excluding hydrogens is 184 g/mol. The molecule has 3 rings (SSSR count). The molecule has 0 radical (unpaired) electrons. The van der Waals surface area contributed by atoms with Crippen LogP contribution in [0.15, 0.2) is 24.3 Å². The van der Waals surface area contributed by atoms with Gasteiger partial charge in [-0.2, -0.15) is 0 Å². The Morgan fingerprint density at radius 2 is 1.33 bits per heavy atom. The summed E-state index contributed by atoms with van der Waals surface area (Å²) in [4.78, 5) is 0. The number of rotatable bonds is 1. The van der Waals surface area contributed by atoms with Crippen LogP contribution >= 0.6 is 0 Å². The molecule has 0 unspecified atom stereocenters. The second-order valence-electron chi connectivity index (χ2n) is 4.61. The first kappa shape index (κ1) is 9.37. The van der Waals surface area contributed by atoms with Gasteiger partial charge in [-0.1, -0.05) is 30.7 Å². The van der Waals surface area contributed by atoms with Crippen LogP contribution in [0.2, 0.25) is 0 Å². The maximum atomic E-state index is 2.55. The van der Waals surface area contributed by atoms with E-state index in [0.29, 0.717) is 0 Å². The number of fused-ring (bicyclic) bond motifs is 1. The van der Waals surface area contributed by atoms with Crippen LogP contribution in [0.1, 0.15) is 30.4 Å². The van der Waals surface area contributed by atoms with E-state index < -0.39 is 0 Å². The van der Waals surface area contributed by atoms with E-state index in [1.54, 1.807) is 0 Å². The van der Waals surface area contributed by atoms with Crippen molar-refractivity contribution in [3.8, 4) is 0 Å². The van der Waals surface area contributed by atoms with E-state index in [9.17, 15) is 0 Å². The van der Waals surface area contributed by atoms with Crippen molar-refractivity contribution in [3.63, 3.8) is 0 Å². The molecule has 80 valence electrons. The van der Waals surface area contributed by atoms with E-state index in [1.165, 1.54) is 43.5 Å². The van der Waals surface area contributed by atoms with Gasteiger partial charge in [-0.3, -0.25) is 0 Å². The zero-order valence-corrected chi connectivity index (χ0v) is 9.15. The fourth-order valence-corrected chi connectivity index (χ4v) is 2.68. The first-order valence-corrected chi connectivity index (χ1v) is 6.00. The van der Waals surface area contributed by atoms with Gasteiger partial charge >= 0.3 is 0 Å². The Balaban J connectivity index is 1.72. The van der Waals surface area contributed by atoms with Crippen LogP contribution in [0.25, 0.3) is 0 Å². The van der Waals surface area contributed by atoms with Crippen molar-refractivity contribution < 1.29 is 0 Å². The van der Waals surface area contributed by atoms with E-state index >= 15 is 0 Å². The van der Waals surface area contributed by atoms with Gasteiger partial charge in [0, 0.05) is 26.2 Å². The van der Waals surface area contributed by atoms with Crippen LogP contribution < -0.4 is 0 Å². The van der Waals surface area contributed by atoms with Crippen molar-refractivity contribution in [1.29, 1.82) is 0 Å². The maximum Gasteiger partial charge on any atom is 0.0391 e. The highest BCUT2D eigenvalue weighted by atomic mass is 15.6. The fourth-order valence-electron chi connectivity index (χ4n) is 2.68. The Labute approximate surface area is 91.5 Å². The van der Waals surface area contributed by atoms with Gasteiger partial charge < -0.3 is 0 Å². The van der Waals surface area contributed by atoms with E-state index in [1.807, 2.05) is 0 Å². The van der Waals surface area contributed by atoms with E-state index in [0.717, 1.165) is 13.1 Å². The van der Waals surface area contributed by atoms with E-state index in [2.05, 4.69) is 34.3 Å². The number of hydrogen-bond donors (Lipinski definition) is 0. The van der Waals surface area contributed by atoms with E-state index in [-0.39, 0.29) is 0 Å². The van der Waals surface area contributed by atoms with Crippen molar-refractivity contribution in [3.05, 3.63) is 35.4 Å². The molecule has 0 N–H and O–H groups in total. The van der Waals surface area contributed by atoms with Gasteiger partial charge in [0.05, 0.1) is 0 Å². The van der Waals surface area contributed by atoms with Crippen molar-refractivity contribution in [2.45, 2.75) is 32.4 Å². The van der Waals surface area contributed by atoms with Gasteiger partial charge in [-0.15, -0.1) is 0 Å². The quantitative estimate of drug-likeness (QED) is 0.690. The number of nitrogens with zero attached hydrogens (tertiary/aromatic N) is 2. The average molecular weight is 202 g/mol. The minimum atomic E-state index is 1.12. The SMILES string of the molecule is c1ccc2c(c1)CN(N1CCCCC1)C2. The lowest BCUT2D eigenvalue weighted by Gasteiger charge is -2.34. The zero-order chi connectivity index (χ0) is 10.1. The van der Waals surface area contributed by atoms with Crippen molar-refractivity contribution >= 4 is 0 Å². The smallest absolute Gasteiger partial charge is 0.0391 e. The molecule has 2 aliphatic rings. The lowest BCUT2D eigenvalue weighted by Crippen LogP contribution is -2.42. The van der Waals surface area contributed by atoms with Crippen LogP contribution in [0.4, 0.5) is 0 Å². The Morgan fingerprint density at radius 3 is 1.93 bits per heavy atom. The molecule has 1 saturated heterocycles. The maximum absolute atomic E-state index is 2.55. The molecule has 0 atom stereocenters. The third kappa shape index (κ3) is 1.80. The Kier molecular flexibility index (Phi) is 2.47. The molecule has 0 amide bonds. The summed E-state index contributed by atoms with van der Waals surface area (Å²) in [6, 6.07) is 8.83. The minimum Gasteiger partial charge on any atom is -0.241 e. The second-order valence-corrected chi connectivity index (χ2v) is 4.61. The molecule has 1 aromatic rings. The van der Waals surface area contributed by atoms with Crippen molar-refractivity contribution in [2.24, 2.45) is 0 Å². The summed E-state index contributed by atoms with van der Waals surface area (Å²) in [6.45, 7) is 4.76. The molecule has 1 fully saturated rings. The molecule has 15 heavy (non-hydrogen) atoms. The minimum absolute atomic E-state index is 1.12. The third-order valence-electron chi connectivity index (χ3n) is 3.56. The summed E-state index contributed by atoms with van der Waals surface area (Å²) >= 11 is 0. The Morgan fingerprint density at radius 1 is 0.733 bits per heavy atom. The number of benzene rings is 1. The second kappa shape index (κ2) is 3.95. The topological polar surface area (TPSA) is 6.48 Å². The molecule has 2 nitrogen and oxygen atoms in total. The third-order valence-corrected chi connectivity index (χ3v) is 3.56. The van der Waals surface area contributed by atoms with Gasteiger partial charge in [0.1, 0.15) is 0 Å². The molecule has 0 bridgehead atoms. The van der Waals surface area contributed by atoms with Crippen LogP contribution in [-0.2, 0) is 13.1 Å². The molecular formula is C13H18N2. The molecule has 0 aromatic heterocycles. The highest BCUT2D eigenvalue weighted by molar-refractivity contribution is 5.29. The van der Waals surface area contributed by atoms with Crippen LogP contribution in [-0.4, -0.2) is 23.1 Å². The predicted molar refractivity (Wildman–Crippen MR) is 61.1 cm³/mol. The van der Waals surface area contributed by atoms with Gasteiger partial charge in [-0.05, 0) is 24.0 Å². The summed E-state index contributed by atoms with van der Waals surface area (Å²) in [5, 5.41) is 5.06. The van der Waals surface area contributed by atoms with Gasteiger partial charge in [0.2, 0.25) is 0 Å². The summed E-state index contributed by atoms with van der Waals surface area (Å²) < 4.78 is 0. The summed E-state index contributed by atoms with van der Waals surface area (Å²) in [6.07, 6.45) is 4.15. The van der Waals surface area contributed by atoms with Gasteiger partial charge in [-0.25, -0.2) is 10.0 Å². The fraction of sp³-hybridized carbons (Fsp3) is 0.538. The van der Waals surface area contributed by atoms with Crippen LogP contribution in [0.5, 0.6) is 0 Å². The molecule has 0 aliphatic carbocycles. The number of piperidine rings is 1. The predicted octanol–water partition coefficient (Wildman–Crippen LogP) is 2.40. The average Bonchev–Trinajstić information content (AvgIpc) is 2.74. The summed E-state index contributed by atoms with van der Waals surface area (Å²) in [5.41, 5.74) is 3.03. The molecule has 2 heteroatoms. The van der Waals surface area contributed by atoms with Crippen LogP contribution in [0, 0.1) is 0 Å². The van der Waals surface area contributed by atoms with Crippen LogP contribution in [0.3, 0.4) is 0 Å². The standard InChI is InChI=1S/C13H18N2/c1-4-8-14(9-5-1)15-10-12-6-2-3-7-13(12)11-15/h2-3,6-7H,1,4-5,8-11H2. The lowest BCUT2D eigenvalue weighted by molar-refractivity contribution is -0.0442. The highest BCUT2D eigenvalue weighted by Gasteiger charge is 2.24. The first-order chi connectivity index (χ1) is 7.43. The first-order valence-electron chi connectivity index (χ1n) is 6.00. The lowest BCUT2D eigenvalue weighted by atomic mass is 10.1. The van der Waals surface area contributed by atoms with Crippen molar-refractivity contribution in [1.82, 2.24) is 10.0 Å². The Bertz CT molecular complexity index is 317. The summed E-state index contributed by atoms with van der Waals surface area (Å²) in [7, 11) is 0. The number of hydrazine groups is 1. The largest absolute Gasteiger partial charge is 0.241 e. The van der Waals surface area contributed by atoms with Gasteiger partial charge in [0.15, 0.2) is 0 Å². The zero-order valence-electron chi connectivity index (χ0n) is 9.15. The van der Waals surface area contributed by atoms with E-state index in [4.69, 9.17) is 0 Å². The normalized spacial score (nSPS) is 22.9. The number of hydrogen-bond acceptors (Lipinski definition) is 2. The van der Waals surface area contributed by atoms with Gasteiger partial charge in [0.25, 0.3) is 0 Å². The Hall–Kier alpha value is -0.860. The monoisotopic (exact) mass is 202 g/mol. The molecule has 1 aromatic carbocycles.